The minimum atomic E-state index is -0.111. The highest BCUT2D eigenvalue weighted by Gasteiger charge is 2.23. The summed E-state index contributed by atoms with van der Waals surface area (Å²) in [6.07, 6.45) is 4.54. The Labute approximate surface area is 171 Å². The molecule has 8 heteroatoms. The van der Waals surface area contributed by atoms with Crippen molar-refractivity contribution in [2.75, 3.05) is 13.3 Å². The number of benzene rings is 1. The van der Waals surface area contributed by atoms with Crippen molar-refractivity contribution >= 4 is 27.5 Å². The molecule has 2 aliphatic rings. The molecule has 0 N–H and O–H groups in total. The van der Waals surface area contributed by atoms with Crippen molar-refractivity contribution in [1.82, 2.24) is 14.5 Å². The highest BCUT2D eigenvalue weighted by Crippen LogP contribution is 2.34. The smallest absolute Gasteiger partial charge is 0.262 e. The number of aryl methyl sites for hydroxylation is 2. The maximum absolute atomic E-state index is 13.0. The van der Waals surface area contributed by atoms with Gasteiger partial charge in [-0.25, -0.2) is 4.98 Å². The zero-order valence-corrected chi connectivity index (χ0v) is 17.0. The van der Waals surface area contributed by atoms with Crippen molar-refractivity contribution in [1.29, 1.82) is 0 Å². The Bertz CT molecular complexity index is 1170. The van der Waals surface area contributed by atoms with Crippen LogP contribution < -0.4 is 15.0 Å². The summed E-state index contributed by atoms with van der Waals surface area (Å²) >= 11 is 1.61. The average Bonchev–Trinajstić information content (AvgIpc) is 3.43. The van der Waals surface area contributed by atoms with Crippen LogP contribution in [-0.2, 0) is 30.7 Å². The summed E-state index contributed by atoms with van der Waals surface area (Å²) < 4.78 is 12.2. The third-order valence-electron chi connectivity index (χ3n) is 5.54. The number of carbonyl (C=O) groups excluding carboxylic acids is 1. The Morgan fingerprint density at radius 1 is 1.28 bits per heavy atom. The van der Waals surface area contributed by atoms with E-state index >= 15 is 0 Å². The molecule has 0 unspecified atom stereocenters. The predicted octanol–water partition coefficient (Wildman–Crippen LogP) is 2.72. The Hall–Kier alpha value is -2.87. The van der Waals surface area contributed by atoms with Gasteiger partial charge in [-0.15, -0.1) is 11.3 Å². The first-order valence-electron chi connectivity index (χ1n) is 9.80. The molecular formula is C21H21N3O4S. The van der Waals surface area contributed by atoms with Gasteiger partial charge in [-0.2, -0.15) is 0 Å². The van der Waals surface area contributed by atoms with Crippen LogP contribution in [0.15, 0.2) is 29.3 Å². The van der Waals surface area contributed by atoms with Crippen LogP contribution in [0.3, 0.4) is 0 Å². The summed E-state index contributed by atoms with van der Waals surface area (Å²) in [6.45, 7) is 3.14. The fourth-order valence-corrected chi connectivity index (χ4v) is 5.23. The third kappa shape index (κ3) is 3.17. The van der Waals surface area contributed by atoms with Gasteiger partial charge in [0.1, 0.15) is 11.4 Å². The molecule has 1 aliphatic carbocycles. The zero-order chi connectivity index (χ0) is 20.0. The maximum Gasteiger partial charge on any atom is 0.262 e. The molecule has 0 spiro atoms. The zero-order valence-electron chi connectivity index (χ0n) is 16.1. The summed E-state index contributed by atoms with van der Waals surface area (Å²) in [5.74, 6) is 1.31. The molecule has 0 saturated heterocycles. The van der Waals surface area contributed by atoms with Gasteiger partial charge in [0.2, 0.25) is 12.7 Å². The number of fused-ring (bicyclic) bond motifs is 4. The predicted molar refractivity (Wildman–Crippen MR) is 110 cm³/mol. The third-order valence-corrected chi connectivity index (χ3v) is 6.74. The van der Waals surface area contributed by atoms with E-state index in [1.807, 2.05) is 25.1 Å². The molecule has 0 atom stereocenters. The Morgan fingerprint density at radius 3 is 3.00 bits per heavy atom. The topological polar surface area (TPSA) is 73.7 Å². The Morgan fingerprint density at radius 2 is 2.14 bits per heavy atom. The van der Waals surface area contributed by atoms with Gasteiger partial charge in [0.25, 0.3) is 5.56 Å². The summed E-state index contributed by atoms with van der Waals surface area (Å²) in [5.41, 5.74) is 1.99. The van der Waals surface area contributed by atoms with Crippen LogP contribution in [0.4, 0.5) is 0 Å². The van der Waals surface area contributed by atoms with E-state index in [1.165, 1.54) is 15.8 Å². The van der Waals surface area contributed by atoms with E-state index in [9.17, 15) is 9.59 Å². The van der Waals surface area contributed by atoms with Gasteiger partial charge in [-0.3, -0.25) is 14.2 Å². The molecule has 5 rings (SSSR count). The molecule has 2 aromatic heterocycles. The summed E-state index contributed by atoms with van der Waals surface area (Å²) in [6, 6.07) is 5.68. The van der Waals surface area contributed by atoms with Gasteiger partial charge in [-0.1, -0.05) is 6.07 Å². The van der Waals surface area contributed by atoms with Crippen LogP contribution in [0, 0.1) is 0 Å². The van der Waals surface area contributed by atoms with E-state index in [0.717, 1.165) is 41.0 Å². The lowest BCUT2D eigenvalue weighted by Crippen LogP contribution is -2.36. The van der Waals surface area contributed by atoms with Crippen LogP contribution in [-0.4, -0.2) is 33.7 Å². The number of thiophene rings is 1. The molecule has 150 valence electrons. The molecule has 29 heavy (non-hydrogen) atoms. The Kier molecular flexibility index (Phi) is 4.50. The van der Waals surface area contributed by atoms with Crippen molar-refractivity contribution in [2.24, 2.45) is 0 Å². The van der Waals surface area contributed by atoms with E-state index in [0.29, 0.717) is 24.2 Å². The molecular weight excluding hydrogens is 390 g/mol. The molecule has 0 fully saturated rings. The number of likely N-dealkylation sites (N-methyl/N-ethyl adjacent to an activating group) is 1. The van der Waals surface area contributed by atoms with Crippen molar-refractivity contribution in [3.8, 4) is 11.5 Å². The molecule has 3 aromatic rings. The van der Waals surface area contributed by atoms with E-state index < -0.39 is 0 Å². The Balaban J connectivity index is 1.37. The van der Waals surface area contributed by atoms with Crippen LogP contribution in [0.2, 0.25) is 0 Å². The number of nitrogens with zero attached hydrogens (tertiary/aromatic N) is 3. The van der Waals surface area contributed by atoms with Crippen LogP contribution >= 0.6 is 11.3 Å². The van der Waals surface area contributed by atoms with Gasteiger partial charge < -0.3 is 14.4 Å². The number of hydrogen-bond donors (Lipinski definition) is 0. The van der Waals surface area contributed by atoms with Gasteiger partial charge >= 0.3 is 0 Å². The first kappa shape index (κ1) is 18.2. The molecule has 0 saturated carbocycles. The first-order valence-corrected chi connectivity index (χ1v) is 10.6. The van der Waals surface area contributed by atoms with Crippen molar-refractivity contribution in [3.63, 3.8) is 0 Å². The molecule has 3 heterocycles. The van der Waals surface area contributed by atoms with E-state index in [4.69, 9.17) is 9.47 Å². The van der Waals surface area contributed by atoms with Gasteiger partial charge in [0.05, 0.1) is 11.7 Å². The highest BCUT2D eigenvalue weighted by molar-refractivity contribution is 7.18. The van der Waals surface area contributed by atoms with E-state index in [-0.39, 0.29) is 24.8 Å². The van der Waals surface area contributed by atoms with Gasteiger partial charge in [-0.05, 0) is 49.4 Å². The lowest BCUT2D eigenvalue weighted by Gasteiger charge is -2.21. The van der Waals surface area contributed by atoms with Gasteiger partial charge in [0.15, 0.2) is 11.5 Å². The molecule has 1 amide bonds. The van der Waals surface area contributed by atoms with Crippen molar-refractivity contribution in [3.05, 3.63) is 50.9 Å². The molecule has 0 radical (unpaired) electrons. The fourth-order valence-electron chi connectivity index (χ4n) is 4.01. The normalized spacial score (nSPS) is 14.4. The number of carbonyl (C=O) groups is 1. The summed E-state index contributed by atoms with van der Waals surface area (Å²) in [7, 11) is 0. The number of hydrogen-bond acceptors (Lipinski definition) is 6. The lowest BCUT2D eigenvalue weighted by molar-refractivity contribution is -0.132. The lowest BCUT2D eigenvalue weighted by atomic mass is 10.2. The second-order valence-electron chi connectivity index (χ2n) is 7.31. The maximum atomic E-state index is 13.0. The van der Waals surface area contributed by atoms with Crippen molar-refractivity contribution < 1.29 is 14.3 Å². The van der Waals surface area contributed by atoms with Crippen LogP contribution in [0.1, 0.15) is 29.3 Å². The standard InChI is InChI=1S/C21H21N3O4S/c1-2-23(9-13-6-7-15-16(8-13)28-12-27-15)18(25)10-24-11-22-20-19(21(24)26)14-4-3-5-17(14)29-20/h6-8,11H,2-5,9-10,12H2,1H3. The van der Waals surface area contributed by atoms with E-state index in [1.54, 1.807) is 16.2 Å². The summed E-state index contributed by atoms with van der Waals surface area (Å²) in [4.78, 5) is 34.2. The summed E-state index contributed by atoms with van der Waals surface area (Å²) in [5, 5.41) is 0.705. The minimum Gasteiger partial charge on any atom is -0.454 e. The average molecular weight is 411 g/mol. The molecule has 7 nitrogen and oxygen atoms in total. The van der Waals surface area contributed by atoms with Gasteiger partial charge in [0, 0.05) is 18.0 Å². The minimum absolute atomic E-state index is 0.00914. The SMILES string of the molecule is CCN(Cc1ccc2c(c1)OCO2)C(=O)Cn1cnc2sc3c(c2c1=O)CCC3. The quantitative estimate of drug-likeness (QED) is 0.645. The number of aromatic nitrogens is 2. The number of ether oxygens (including phenoxy) is 2. The second kappa shape index (κ2) is 7.18. The van der Waals surface area contributed by atoms with Crippen LogP contribution in [0.5, 0.6) is 11.5 Å². The number of amides is 1. The van der Waals surface area contributed by atoms with E-state index in [2.05, 4.69) is 4.98 Å². The monoisotopic (exact) mass is 411 g/mol. The highest BCUT2D eigenvalue weighted by atomic mass is 32.1. The second-order valence-corrected chi connectivity index (χ2v) is 8.39. The fraction of sp³-hybridized carbons (Fsp3) is 0.381. The number of rotatable bonds is 5. The molecule has 1 aliphatic heterocycles. The largest absolute Gasteiger partial charge is 0.454 e. The molecule has 1 aromatic carbocycles. The first-order chi connectivity index (χ1) is 14.1. The molecule has 0 bridgehead atoms. The van der Waals surface area contributed by atoms with Crippen LogP contribution in [0.25, 0.3) is 10.2 Å². The van der Waals surface area contributed by atoms with Crippen molar-refractivity contribution in [2.45, 2.75) is 39.3 Å².